The van der Waals surface area contributed by atoms with Crippen molar-refractivity contribution in [3.63, 3.8) is 0 Å². The van der Waals surface area contributed by atoms with Crippen LogP contribution in [0.2, 0.25) is 0 Å². The number of rotatable bonds is 3. The molecule has 2 aromatic carbocycles. The van der Waals surface area contributed by atoms with Gasteiger partial charge in [0.25, 0.3) is 0 Å². The monoisotopic (exact) mass is 380 g/mol. The minimum absolute atomic E-state index is 0.0272. The van der Waals surface area contributed by atoms with E-state index >= 15 is 0 Å². The number of hydrazine groups is 1. The molecule has 19 heavy (non-hydrogen) atoms. The maximum absolute atomic E-state index is 5.79. The summed E-state index contributed by atoms with van der Waals surface area (Å²) < 4.78 is 2.52. The average Bonchev–Trinajstić information content (AvgIpc) is 2.91. The summed E-state index contributed by atoms with van der Waals surface area (Å²) >= 11 is 4.07. The number of nitrogens with two attached hydrogens (primary N) is 1. The highest BCUT2D eigenvalue weighted by Crippen LogP contribution is 2.32. The maximum Gasteiger partial charge on any atom is 0.0724 e. The Balaban J connectivity index is 2.11. The fourth-order valence-electron chi connectivity index (χ4n) is 2.26. The van der Waals surface area contributed by atoms with Crippen molar-refractivity contribution in [2.24, 2.45) is 5.84 Å². The van der Waals surface area contributed by atoms with Crippen LogP contribution in [0.25, 0.3) is 10.1 Å². The van der Waals surface area contributed by atoms with Gasteiger partial charge in [-0.1, -0.05) is 30.3 Å². The summed E-state index contributed by atoms with van der Waals surface area (Å²) in [7, 11) is 0. The highest BCUT2D eigenvalue weighted by atomic mass is 127. The molecular weight excluding hydrogens is 367 g/mol. The van der Waals surface area contributed by atoms with Gasteiger partial charge in [-0.05, 0) is 62.7 Å². The lowest BCUT2D eigenvalue weighted by atomic mass is 9.98. The lowest BCUT2D eigenvalue weighted by Gasteiger charge is -2.17. The van der Waals surface area contributed by atoms with Gasteiger partial charge in [0.05, 0.1) is 6.04 Å². The minimum Gasteiger partial charge on any atom is -0.271 e. The first-order valence-electron chi connectivity index (χ1n) is 5.97. The molecule has 2 nitrogen and oxygen atoms in total. The molecule has 3 rings (SSSR count). The Hall–Kier alpha value is -0.950. The first kappa shape index (κ1) is 13.1. The number of hydrogen-bond acceptors (Lipinski definition) is 3. The summed E-state index contributed by atoms with van der Waals surface area (Å²) in [4.78, 5) is 0. The smallest absolute Gasteiger partial charge is 0.0724 e. The van der Waals surface area contributed by atoms with Crippen molar-refractivity contribution in [1.29, 1.82) is 0 Å². The number of hydrogen-bond donors (Lipinski definition) is 2. The van der Waals surface area contributed by atoms with Crippen LogP contribution < -0.4 is 11.3 Å². The van der Waals surface area contributed by atoms with Crippen molar-refractivity contribution >= 4 is 44.0 Å². The molecule has 0 spiro atoms. The number of fused-ring (bicyclic) bond motifs is 1. The van der Waals surface area contributed by atoms with E-state index in [1.165, 1.54) is 24.8 Å². The molecule has 1 unspecified atom stereocenters. The maximum atomic E-state index is 5.79. The van der Waals surface area contributed by atoms with Crippen LogP contribution in [0.5, 0.6) is 0 Å². The van der Waals surface area contributed by atoms with Crippen LogP contribution in [0.4, 0.5) is 0 Å². The van der Waals surface area contributed by atoms with Crippen molar-refractivity contribution < 1.29 is 0 Å². The third-order valence-electron chi connectivity index (χ3n) is 3.19. The van der Waals surface area contributed by atoms with Crippen molar-refractivity contribution in [3.05, 3.63) is 68.6 Å². The van der Waals surface area contributed by atoms with Gasteiger partial charge in [-0.15, -0.1) is 11.3 Å². The standard InChI is InChI=1S/C15H13IN2S/c16-12-6-4-10(5-7-12)14(18-17)13-3-1-2-11-8-9-19-15(11)13/h1-9,14,18H,17H2. The van der Waals surface area contributed by atoms with Gasteiger partial charge in [-0.2, -0.15) is 0 Å². The molecule has 0 radical (unpaired) electrons. The number of nitrogens with one attached hydrogen (secondary N) is 1. The van der Waals surface area contributed by atoms with Gasteiger partial charge < -0.3 is 0 Å². The summed E-state index contributed by atoms with van der Waals surface area (Å²) in [6.45, 7) is 0. The molecular formula is C15H13IN2S. The summed E-state index contributed by atoms with van der Waals surface area (Å²) in [5, 5.41) is 3.39. The van der Waals surface area contributed by atoms with Gasteiger partial charge in [0.15, 0.2) is 0 Å². The second-order valence-electron chi connectivity index (χ2n) is 4.34. The van der Waals surface area contributed by atoms with Crippen LogP contribution in [0.15, 0.2) is 53.9 Å². The molecule has 96 valence electrons. The molecule has 3 N–H and O–H groups in total. The summed E-state index contributed by atoms with van der Waals surface area (Å²) in [6, 6.07) is 17.0. The van der Waals surface area contributed by atoms with Crippen molar-refractivity contribution in [3.8, 4) is 0 Å². The Kier molecular flexibility index (Phi) is 3.83. The molecule has 0 bridgehead atoms. The Labute approximate surface area is 129 Å². The van der Waals surface area contributed by atoms with Crippen molar-refractivity contribution in [1.82, 2.24) is 5.43 Å². The quantitative estimate of drug-likeness (QED) is 0.409. The van der Waals surface area contributed by atoms with Crippen LogP contribution in [0, 0.1) is 3.57 Å². The van der Waals surface area contributed by atoms with Crippen LogP contribution in [0.1, 0.15) is 17.2 Å². The third-order valence-corrected chi connectivity index (χ3v) is 4.89. The van der Waals surface area contributed by atoms with Gasteiger partial charge >= 0.3 is 0 Å². The second kappa shape index (κ2) is 5.58. The molecule has 0 amide bonds. The van der Waals surface area contributed by atoms with E-state index in [0.29, 0.717) is 0 Å². The fourth-order valence-corrected chi connectivity index (χ4v) is 3.57. The van der Waals surface area contributed by atoms with E-state index in [0.717, 1.165) is 0 Å². The van der Waals surface area contributed by atoms with Gasteiger partial charge in [-0.3, -0.25) is 5.84 Å². The first-order valence-corrected chi connectivity index (χ1v) is 7.93. The number of benzene rings is 2. The zero-order valence-electron chi connectivity index (χ0n) is 10.1. The topological polar surface area (TPSA) is 38.0 Å². The largest absolute Gasteiger partial charge is 0.271 e. The molecule has 0 saturated heterocycles. The Morgan fingerprint density at radius 3 is 2.58 bits per heavy atom. The SMILES string of the molecule is NNC(c1ccc(I)cc1)c1cccc2ccsc12. The van der Waals surface area contributed by atoms with Gasteiger partial charge in [-0.25, -0.2) is 5.43 Å². The first-order chi connectivity index (χ1) is 9.29. The summed E-state index contributed by atoms with van der Waals surface area (Å²) in [5.74, 6) is 5.79. The van der Waals surface area contributed by atoms with E-state index in [1.54, 1.807) is 11.3 Å². The van der Waals surface area contributed by atoms with E-state index in [1.807, 2.05) is 0 Å². The van der Waals surface area contributed by atoms with Crippen LogP contribution in [-0.4, -0.2) is 0 Å². The zero-order chi connectivity index (χ0) is 13.2. The highest BCUT2D eigenvalue weighted by molar-refractivity contribution is 14.1. The number of halogens is 1. The molecule has 0 aliphatic carbocycles. The van der Waals surface area contributed by atoms with Crippen LogP contribution in [-0.2, 0) is 0 Å². The normalized spacial score (nSPS) is 12.7. The second-order valence-corrected chi connectivity index (χ2v) is 6.50. The molecule has 1 atom stereocenters. The zero-order valence-corrected chi connectivity index (χ0v) is 13.1. The minimum atomic E-state index is 0.0272. The van der Waals surface area contributed by atoms with Crippen LogP contribution in [0.3, 0.4) is 0 Å². The van der Waals surface area contributed by atoms with E-state index in [-0.39, 0.29) is 6.04 Å². The van der Waals surface area contributed by atoms with E-state index in [9.17, 15) is 0 Å². The average molecular weight is 380 g/mol. The Morgan fingerprint density at radius 2 is 1.84 bits per heavy atom. The van der Waals surface area contributed by atoms with E-state index < -0.39 is 0 Å². The van der Waals surface area contributed by atoms with Gasteiger partial charge in [0.1, 0.15) is 0 Å². The molecule has 1 aromatic heterocycles. The Morgan fingerprint density at radius 1 is 1.05 bits per heavy atom. The van der Waals surface area contributed by atoms with Gasteiger partial charge in [0.2, 0.25) is 0 Å². The molecule has 0 aliphatic heterocycles. The summed E-state index contributed by atoms with van der Waals surface area (Å²) in [5.41, 5.74) is 5.36. The molecule has 1 heterocycles. The van der Waals surface area contributed by atoms with Crippen LogP contribution >= 0.6 is 33.9 Å². The predicted octanol–water partition coefficient (Wildman–Crippen LogP) is 4.06. The Bertz CT molecular complexity index is 691. The van der Waals surface area contributed by atoms with Crippen molar-refractivity contribution in [2.75, 3.05) is 0 Å². The highest BCUT2D eigenvalue weighted by Gasteiger charge is 2.15. The summed E-state index contributed by atoms with van der Waals surface area (Å²) in [6.07, 6.45) is 0. The number of thiophene rings is 1. The fraction of sp³-hybridized carbons (Fsp3) is 0.0667. The lowest BCUT2D eigenvalue weighted by molar-refractivity contribution is 0.641. The van der Waals surface area contributed by atoms with E-state index in [4.69, 9.17) is 5.84 Å². The third kappa shape index (κ3) is 2.53. The molecule has 0 saturated carbocycles. The molecule has 4 heteroatoms. The molecule has 0 aliphatic rings. The molecule has 3 aromatic rings. The van der Waals surface area contributed by atoms with E-state index in [2.05, 4.69) is 81.9 Å². The lowest BCUT2D eigenvalue weighted by Crippen LogP contribution is -2.28. The van der Waals surface area contributed by atoms with Crippen molar-refractivity contribution in [2.45, 2.75) is 6.04 Å². The van der Waals surface area contributed by atoms with Gasteiger partial charge in [0, 0.05) is 8.27 Å². The predicted molar refractivity (Wildman–Crippen MR) is 90.2 cm³/mol. The molecule has 0 fully saturated rings.